The van der Waals surface area contributed by atoms with Crippen molar-refractivity contribution < 1.29 is 17.9 Å². The summed E-state index contributed by atoms with van der Waals surface area (Å²) < 4.78 is 42.2. The zero-order chi connectivity index (χ0) is 21.8. The van der Waals surface area contributed by atoms with E-state index in [1.165, 1.54) is 4.31 Å². The van der Waals surface area contributed by atoms with Crippen LogP contribution in [0.15, 0.2) is 35.2 Å². The number of rotatable bonds is 3. The van der Waals surface area contributed by atoms with E-state index in [0.29, 0.717) is 42.5 Å². The van der Waals surface area contributed by atoms with Crippen molar-refractivity contribution in [2.75, 3.05) is 18.0 Å². The number of piperidine rings is 1. The van der Waals surface area contributed by atoms with Crippen molar-refractivity contribution in [1.82, 2.24) is 13.1 Å². The summed E-state index contributed by atoms with van der Waals surface area (Å²) in [6, 6.07) is 9.41. The summed E-state index contributed by atoms with van der Waals surface area (Å²) in [5, 5.41) is 0. The molecule has 2 aliphatic heterocycles. The number of nitrogens with zero attached hydrogens (tertiary/aromatic N) is 4. The first-order valence-electron chi connectivity index (χ1n) is 10.1. The van der Waals surface area contributed by atoms with Gasteiger partial charge in [-0.1, -0.05) is 23.8 Å². The minimum Gasteiger partial charge on any atom is -0.444 e. The number of sulfonamides is 1. The molecule has 31 heavy (non-hydrogen) atoms. The number of aryl methyl sites for hydroxylation is 2. The van der Waals surface area contributed by atoms with E-state index in [2.05, 4.69) is 8.75 Å². The first-order valence-corrected chi connectivity index (χ1v) is 12.3. The van der Waals surface area contributed by atoms with Gasteiger partial charge in [-0.2, -0.15) is 13.1 Å². The van der Waals surface area contributed by atoms with Crippen LogP contribution in [0.25, 0.3) is 11.0 Å². The molecule has 1 aromatic heterocycles. The fraction of sp³-hybridized carbons (Fsp3) is 0.381. The number of aromatic nitrogens is 2. The highest BCUT2D eigenvalue weighted by molar-refractivity contribution is 7.89. The molecule has 0 bridgehead atoms. The summed E-state index contributed by atoms with van der Waals surface area (Å²) in [5.74, 6) is 0. The lowest BCUT2D eigenvalue weighted by molar-refractivity contribution is 0.135. The summed E-state index contributed by atoms with van der Waals surface area (Å²) in [6.45, 7) is 4.70. The zero-order valence-electron chi connectivity index (χ0n) is 17.2. The molecule has 2 aliphatic rings. The van der Waals surface area contributed by atoms with E-state index in [-0.39, 0.29) is 23.6 Å². The Bertz CT molecular complexity index is 1280. The normalized spacial score (nSPS) is 18.3. The molecular formula is C21H22N4O4S2. The summed E-state index contributed by atoms with van der Waals surface area (Å²) in [7, 11) is -3.72. The quantitative estimate of drug-likeness (QED) is 0.595. The Kier molecular flexibility index (Phi) is 4.95. The number of ether oxygens (including phenoxy) is 1. The van der Waals surface area contributed by atoms with E-state index >= 15 is 0 Å². The molecule has 0 N–H and O–H groups in total. The average Bonchev–Trinajstić information content (AvgIpc) is 3.22. The van der Waals surface area contributed by atoms with Crippen LogP contribution in [0.3, 0.4) is 0 Å². The number of carbonyl (C=O) groups excluding carboxylic acids is 1. The van der Waals surface area contributed by atoms with Crippen molar-refractivity contribution >= 4 is 44.6 Å². The van der Waals surface area contributed by atoms with Gasteiger partial charge in [-0.25, -0.2) is 13.2 Å². The monoisotopic (exact) mass is 458 g/mol. The fourth-order valence-electron chi connectivity index (χ4n) is 4.44. The predicted molar refractivity (Wildman–Crippen MR) is 118 cm³/mol. The van der Waals surface area contributed by atoms with Crippen LogP contribution < -0.4 is 4.90 Å². The Labute approximate surface area is 184 Å². The molecule has 0 aliphatic carbocycles. The third-order valence-corrected chi connectivity index (χ3v) is 8.63. The van der Waals surface area contributed by atoms with Crippen molar-refractivity contribution in [3.05, 3.63) is 47.0 Å². The lowest BCUT2D eigenvalue weighted by Gasteiger charge is -2.40. The number of cyclic esters (lactones) is 1. The molecule has 1 fully saturated rings. The fourth-order valence-corrected chi connectivity index (χ4v) is 6.86. The van der Waals surface area contributed by atoms with Gasteiger partial charge in [0.2, 0.25) is 10.0 Å². The molecule has 1 amide bonds. The first-order chi connectivity index (χ1) is 14.9. The molecule has 8 nitrogen and oxygen atoms in total. The van der Waals surface area contributed by atoms with Crippen molar-refractivity contribution in [2.24, 2.45) is 0 Å². The maximum atomic E-state index is 13.5. The lowest BCUT2D eigenvalue weighted by Crippen LogP contribution is -2.50. The molecule has 0 spiro atoms. The van der Waals surface area contributed by atoms with Gasteiger partial charge in [0.05, 0.1) is 17.4 Å². The van der Waals surface area contributed by atoms with Crippen LogP contribution in [-0.4, -0.2) is 46.7 Å². The van der Waals surface area contributed by atoms with Crippen molar-refractivity contribution in [1.29, 1.82) is 0 Å². The summed E-state index contributed by atoms with van der Waals surface area (Å²) in [5.41, 5.74) is 4.62. The second-order valence-electron chi connectivity index (χ2n) is 8.04. The summed E-state index contributed by atoms with van der Waals surface area (Å²) in [6.07, 6.45) is 0.699. The number of carbonyl (C=O) groups is 1. The molecule has 0 saturated carbocycles. The molecule has 0 atom stereocenters. The third-order valence-electron chi connectivity index (χ3n) is 6.01. The van der Waals surface area contributed by atoms with Crippen LogP contribution in [0.1, 0.15) is 29.5 Å². The SMILES string of the molecule is Cc1ccc2c(c1)COC(=O)N2C1CCN(S(=O)(=O)c2c(C)ccc3nsnc23)CC1. The van der Waals surface area contributed by atoms with Crippen LogP contribution in [0.5, 0.6) is 0 Å². The molecule has 0 radical (unpaired) electrons. The van der Waals surface area contributed by atoms with Crippen LogP contribution in [0.2, 0.25) is 0 Å². The molecule has 162 valence electrons. The maximum absolute atomic E-state index is 13.5. The molecule has 1 saturated heterocycles. The second-order valence-corrected chi connectivity index (χ2v) is 10.4. The van der Waals surface area contributed by atoms with Crippen molar-refractivity contribution in [3.8, 4) is 0 Å². The Balaban J connectivity index is 1.40. The van der Waals surface area contributed by atoms with Crippen LogP contribution in [-0.2, 0) is 21.4 Å². The number of fused-ring (bicyclic) bond motifs is 2. The lowest BCUT2D eigenvalue weighted by atomic mass is 10.0. The number of amides is 1. The minimum atomic E-state index is -3.72. The van der Waals surface area contributed by atoms with Crippen LogP contribution in [0, 0.1) is 13.8 Å². The van der Waals surface area contributed by atoms with E-state index in [0.717, 1.165) is 28.5 Å². The van der Waals surface area contributed by atoms with E-state index in [1.807, 2.05) is 25.1 Å². The summed E-state index contributed by atoms with van der Waals surface area (Å²) in [4.78, 5) is 14.5. The highest BCUT2D eigenvalue weighted by Gasteiger charge is 2.38. The highest BCUT2D eigenvalue weighted by atomic mass is 32.2. The van der Waals surface area contributed by atoms with Gasteiger partial charge < -0.3 is 4.74 Å². The molecule has 3 heterocycles. The maximum Gasteiger partial charge on any atom is 0.414 e. The molecule has 2 aromatic carbocycles. The second kappa shape index (κ2) is 7.54. The Morgan fingerprint density at radius 3 is 2.65 bits per heavy atom. The van der Waals surface area contributed by atoms with E-state index in [1.54, 1.807) is 24.0 Å². The van der Waals surface area contributed by atoms with Crippen molar-refractivity contribution in [3.63, 3.8) is 0 Å². The average molecular weight is 459 g/mol. The zero-order valence-corrected chi connectivity index (χ0v) is 18.9. The van der Waals surface area contributed by atoms with Gasteiger partial charge in [0.25, 0.3) is 0 Å². The molecule has 0 unspecified atom stereocenters. The van der Waals surface area contributed by atoms with Gasteiger partial charge in [-0.3, -0.25) is 4.90 Å². The standard InChI is InChI=1S/C21H22N4O4S2/c1-13-3-6-18-15(11-13)12-29-21(26)25(18)16-7-9-24(10-8-16)31(27,28)20-14(2)4-5-17-19(20)23-30-22-17/h3-6,11,16H,7-10,12H2,1-2H3. The molecular weight excluding hydrogens is 436 g/mol. The van der Waals surface area contributed by atoms with Gasteiger partial charge in [0.15, 0.2) is 0 Å². The highest BCUT2D eigenvalue weighted by Crippen LogP contribution is 2.34. The molecule has 3 aromatic rings. The van der Waals surface area contributed by atoms with E-state index in [9.17, 15) is 13.2 Å². The van der Waals surface area contributed by atoms with Gasteiger partial charge in [0.1, 0.15) is 22.5 Å². The minimum absolute atomic E-state index is 0.112. The third kappa shape index (κ3) is 3.38. The predicted octanol–water partition coefficient (Wildman–Crippen LogP) is 3.62. The van der Waals surface area contributed by atoms with Gasteiger partial charge in [-0.15, -0.1) is 0 Å². The van der Waals surface area contributed by atoms with Gasteiger partial charge in [-0.05, 0) is 44.4 Å². The Hall–Kier alpha value is -2.56. The van der Waals surface area contributed by atoms with E-state index < -0.39 is 10.0 Å². The largest absolute Gasteiger partial charge is 0.444 e. The summed E-state index contributed by atoms with van der Waals surface area (Å²) >= 11 is 1.01. The molecule has 5 rings (SSSR count). The number of hydrogen-bond donors (Lipinski definition) is 0. The Morgan fingerprint density at radius 1 is 1.10 bits per heavy atom. The topological polar surface area (TPSA) is 92.7 Å². The van der Waals surface area contributed by atoms with Crippen molar-refractivity contribution in [2.45, 2.75) is 44.2 Å². The van der Waals surface area contributed by atoms with Gasteiger partial charge >= 0.3 is 6.09 Å². The molecule has 10 heteroatoms. The van der Waals surface area contributed by atoms with Crippen LogP contribution >= 0.6 is 11.7 Å². The number of benzene rings is 2. The first kappa shape index (κ1) is 20.3. The van der Waals surface area contributed by atoms with Crippen LogP contribution in [0.4, 0.5) is 10.5 Å². The Morgan fingerprint density at radius 2 is 1.87 bits per heavy atom. The number of hydrogen-bond acceptors (Lipinski definition) is 7. The smallest absolute Gasteiger partial charge is 0.414 e. The van der Waals surface area contributed by atoms with E-state index in [4.69, 9.17) is 4.74 Å². The number of anilines is 1. The van der Waals surface area contributed by atoms with Gasteiger partial charge in [0, 0.05) is 24.7 Å².